The van der Waals surface area contributed by atoms with Crippen LogP contribution in [0.25, 0.3) is 0 Å². The quantitative estimate of drug-likeness (QED) is 0.161. The third kappa shape index (κ3) is 11.4. The number of rotatable bonds is 5. The summed E-state index contributed by atoms with van der Waals surface area (Å²) in [5.41, 5.74) is 15.4. The second kappa shape index (κ2) is 19.7. The van der Waals surface area contributed by atoms with E-state index < -0.39 is 13.0 Å². The fourth-order valence-corrected chi connectivity index (χ4v) is 15.4. The molecular formula is C41H63Cl3PRu. The molecule has 0 radical (unpaired) electrons. The first kappa shape index (κ1) is 39.2. The molecule has 6 rings (SSSR count). The van der Waals surface area contributed by atoms with Crippen LogP contribution in [0, 0.1) is 48.0 Å². The molecule has 261 valence electrons. The van der Waals surface area contributed by atoms with Crippen molar-refractivity contribution in [1.29, 1.82) is 0 Å². The molecule has 0 N–H and O–H groups in total. The molecular weight excluding hydrogens is 731 g/mol. The van der Waals surface area contributed by atoms with E-state index in [1.54, 1.807) is 107 Å². The van der Waals surface area contributed by atoms with Gasteiger partial charge >= 0.3 is 42.1 Å². The fraction of sp³-hybridized carbons (Fsp3) is 0.683. The molecule has 0 spiro atoms. The van der Waals surface area contributed by atoms with Crippen LogP contribution in [0.4, 0.5) is 0 Å². The molecule has 4 saturated carbocycles. The van der Waals surface area contributed by atoms with Gasteiger partial charge < -0.3 is 6.42 Å². The number of hydrogen-bond donors (Lipinski definition) is 0. The van der Waals surface area contributed by atoms with Gasteiger partial charge in [0.2, 0.25) is 0 Å². The van der Waals surface area contributed by atoms with Crippen LogP contribution in [-0.4, -0.2) is 17.0 Å². The van der Waals surface area contributed by atoms with Crippen LogP contribution in [0.3, 0.4) is 0 Å². The van der Waals surface area contributed by atoms with Crippen LogP contribution in [0.1, 0.15) is 165 Å². The zero-order valence-corrected chi connectivity index (χ0v) is 34.8. The van der Waals surface area contributed by atoms with E-state index in [1.807, 2.05) is 0 Å². The first-order chi connectivity index (χ1) is 22.0. The van der Waals surface area contributed by atoms with Gasteiger partial charge in [0.1, 0.15) is 0 Å². The van der Waals surface area contributed by atoms with Crippen molar-refractivity contribution >= 4 is 37.0 Å². The van der Waals surface area contributed by atoms with Crippen LogP contribution >= 0.6 is 37.0 Å². The molecule has 0 saturated heterocycles. The number of benzene rings is 2. The monoisotopic (exact) mass is 793 g/mol. The molecule has 0 amide bonds. The van der Waals surface area contributed by atoms with E-state index in [0.29, 0.717) is 11.8 Å². The Labute approximate surface area is 302 Å². The summed E-state index contributed by atoms with van der Waals surface area (Å²) in [5.74, 6) is 1.22. The average Bonchev–Trinajstić information content (AvgIpc) is 3.47. The van der Waals surface area contributed by atoms with E-state index in [0.717, 1.165) is 0 Å². The predicted octanol–water partition coefficient (Wildman–Crippen LogP) is 14.7. The maximum atomic E-state index is 4.95. The van der Waals surface area contributed by atoms with Gasteiger partial charge in [-0.3, -0.25) is 0 Å². The van der Waals surface area contributed by atoms with Gasteiger partial charge in [-0.15, -0.1) is 11.8 Å². The standard InChI is InChI=1S/C23H29.C18H33P.3ClH.Ru/c1-14-9-16(3)22(17(4)10-14)20-7-8-21(13-20)23-18(5)11-15(2)12-19(23)6;1-4-10-16(11-5-1)19(17-12-6-2-7-13-17)18-14-8-3-9-15-18;;;;/h9-13,20-21H,7-8H2,1-6H3;16-18H,1-15H2;3*1H;/q-1;;;;;+3/p-2. The Bertz CT molecular complexity index is 1060. The first-order valence-corrected chi connectivity index (χ1v) is 27.0. The summed E-state index contributed by atoms with van der Waals surface area (Å²) in [7, 11) is 14.8. The molecule has 0 aliphatic heterocycles. The van der Waals surface area contributed by atoms with E-state index in [2.05, 4.69) is 72.2 Å². The molecule has 2 aromatic carbocycles. The molecule has 0 aromatic heterocycles. The van der Waals surface area contributed by atoms with Crippen molar-refractivity contribution in [1.82, 2.24) is 0 Å². The third-order valence-electron chi connectivity index (χ3n) is 11.7. The fourth-order valence-electron chi connectivity index (χ4n) is 10.2. The summed E-state index contributed by atoms with van der Waals surface area (Å²) in [5, 5.41) is 0. The zero-order valence-electron chi connectivity index (χ0n) is 29.8. The van der Waals surface area contributed by atoms with Crippen LogP contribution in [0.5, 0.6) is 0 Å². The summed E-state index contributed by atoms with van der Waals surface area (Å²) in [6.45, 7) is 13.5. The Kier molecular flexibility index (Phi) is 16.7. The van der Waals surface area contributed by atoms with Crippen LogP contribution in [-0.2, 0) is 13.0 Å². The molecule has 5 heteroatoms. The molecule has 4 aliphatic rings. The summed E-state index contributed by atoms with van der Waals surface area (Å²) in [6, 6.07) is 9.36. The van der Waals surface area contributed by atoms with E-state index in [1.165, 1.54) is 63.2 Å². The van der Waals surface area contributed by atoms with Crippen LogP contribution < -0.4 is 0 Å². The van der Waals surface area contributed by atoms with Gasteiger partial charge in [0, 0.05) is 7.92 Å². The minimum atomic E-state index is -1.75. The number of hydrogen-bond acceptors (Lipinski definition) is 0. The van der Waals surface area contributed by atoms with E-state index in [4.69, 9.17) is 29.1 Å². The summed E-state index contributed by atoms with van der Waals surface area (Å²) >= 11 is -1.75. The second-order valence-corrected chi connectivity index (χ2v) is 26.6. The number of aryl methyl sites for hydroxylation is 6. The molecule has 2 atom stereocenters. The topological polar surface area (TPSA) is 0 Å². The molecule has 0 heterocycles. The van der Waals surface area contributed by atoms with Gasteiger partial charge in [0.15, 0.2) is 0 Å². The number of halogens is 3. The van der Waals surface area contributed by atoms with Crippen molar-refractivity contribution < 1.29 is 13.0 Å². The van der Waals surface area contributed by atoms with Gasteiger partial charge in [-0.2, -0.15) is 0 Å². The van der Waals surface area contributed by atoms with Crippen molar-refractivity contribution in [2.24, 2.45) is 0 Å². The van der Waals surface area contributed by atoms with Gasteiger partial charge in [-0.05, 0) is 141 Å². The normalized spacial score (nSPS) is 23.4. The van der Waals surface area contributed by atoms with Gasteiger partial charge in [0.05, 0.1) is 17.0 Å². The van der Waals surface area contributed by atoms with Gasteiger partial charge in [0.25, 0.3) is 0 Å². The third-order valence-corrected chi connectivity index (χ3v) is 16.3. The van der Waals surface area contributed by atoms with E-state index in [-0.39, 0.29) is 7.92 Å². The molecule has 2 unspecified atom stereocenters. The average molecular weight is 794 g/mol. The first-order valence-electron chi connectivity index (χ1n) is 18.6. The molecule has 4 aliphatic carbocycles. The Morgan fingerprint density at radius 2 is 0.739 bits per heavy atom. The SMILES string of the molecule is C1CCC([PH+](C2CCCCC2)C2CCCCC2)CC1.Cc1cc(C)c(C2[CH-]C(c3c(C)cc(C)cc3C)CC2)c(C)c1.[Cl][Ru]([Cl])[Cl]. The second-order valence-electron chi connectivity index (χ2n) is 15.3. The van der Waals surface area contributed by atoms with Gasteiger partial charge in [-0.25, -0.2) is 0 Å². The van der Waals surface area contributed by atoms with Crippen molar-refractivity contribution in [3.63, 3.8) is 0 Å². The van der Waals surface area contributed by atoms with Gasteiger partial charge in [-0.1, -0.05) is 78.6 Å². The van der Waals surface area contributed by atoms with Crippen molar-refractivity contribution in [2.75, 3.05) is 0 Å². The Morgan fingerprint density at radius 3 is 1.00 bits per heavy atom. The van der Waals surface area contributed by atoms with Crippen molar-refractivity contribution in [2.45, 2.75) is 180 Å². The minimum absolute atomic E-state index is 0.0465. The molecule has 46 heavy (non-hydrogen) atoms. The summed E-state index contributed by atoms with van der Waals surface area (Å²) in [6.07, 6.45) is 29.0. The molecule has 4 fully saturated rings. The Balaban J connectivity index is 0.000000190. The van der Waals surface area contributed by atoms with E-state index >= 15 is 0 Å². The van der Waals surface area contributed by atoms with Crippen LogP contribution in [0.2, 0.25) is 0 Å². The van der Waals surface area contributed by atoms with Crippen molar-refractivity contribution in [3.05, 3.63) is 75.2 Å². The Morgan fingerprint density at radius 1 is 0.478 bits per heavy atom. The maximum absolute atomic E-state index is 4.95. The van der Waals surface area contributed by atoms with Crippen LogP contribution in [0.15, 0.2) is 24.3 Å². The Hall–Kier alpha value is 0.363. The summed E-state index contributed by atoms with van der Waals surface area (Å²) < 4.78 is 0. The summed E-state index contributed by atoms with van der Waals surface area (Å²) in [4.78, 5) is 0. The zero-order chi connectivity index (χ0) is 33.2. The molecule has 0 bridgehead atoms. The van der Waals surface area contributed by atoms with Crippen molar-refractivity contribution in [3.8, 4) is 0 Å². The van der Waals surface area contributed by atoms with E-state index in [9.17, 15) is 0 Å². The molecule has 0 nitrogen and oxygen atoms in total. The molecule has 2 aromatic rings. The predicted molar refractivity (Wildman–Crippen MR) is 207 cm³/mol.